The molecule has 0 spiro atoms. The van der Waals surface area contributed by atoms with E-state index in [0.29, 0.717) is 23.0 Å². The minimum absolute atomic E-state index is 0.00228. The van der Waals surface area contributed by atoms with E-state index >= 15 is 0 Å². The first kappa shape index (κ1) is 14.8. The summed E-state index contributed by atoms with van der Waals surface area (Å²) < 4.78 is 5.37. The van der Waals surface area contributed by atoms with Crippen LogP contribution >= 0.6 is 0 Å². The summed E-state index contributed by atoms with van der Waals surface area (Å²) in [5.74, 6) is 0.411. The first-order chi connectivity index (χ1) is 10.5. The van der Waals surface area contributed by atoms with Crippen LogP contribution in [0.3, 0.4) is 0 Å². The first-order valence-electron chi connectivity index (χ1n) is 7.64. The number of rotatable bonds is 2. The molecule has 0 unspecified atom stereocenters. The highest BCUT2D eigenvalue weighted by Crippen LogP contribution is 2.29. The van der Waals surface area contributed by atoms with Crippen LogP contribution in [0.4, 0.5) is 5.69 Å². The van der Waals surface area contributed by atoms with Crippen LogP contribution in [0.5, 0.6) is 5.75 Å². The van der Waals surface area contributed by atoms with Crippen molar-refractivity contribution < 1.29 is 14.3 Å². The summed E-state index contributed by atoms with van der Waals surface area (Å²) in [6.45, 7) is 7.64. The van der Waals surface area contributed by atoms with Crippen molar-refractivity contribution in [2.45, 2.75) is 19.9 Å². The summed E-state index contributed by atoms with van der Waals surface area (Å²) >= 11 is 0. The van der Waals surface area contributed by atoms with Gasteiger partial charge in [-0.25, -0.2) is 0 Å². The van der Waals surface area contributed by atoms with Crippen LogP contribution in [0.2, 0.25) is 0 Å². The number of carbonyl (C=O) groups excluding carboxylic acids is 2. The van der Waals surface area contributed by atoms with Crippen molar-refractivity contribution in [3.05, 3.63) is 23.8 Å². The van der Waals surface area contributed by atoms with E-state index in [9.17, 15) is 9.59 Å². The molecule has 0 atom stereocenters. The second kappa shape index (κ2) is 5.96. The minimum Gasteiger partial charge on any atom is -0.482 e. The second-order valence-electron chi connectivity index (χ2n) is 5.97. The molecule has 22 heavy (non-hydrogen) atoms. The molecule has 3 rings (SSSR count). The van der Waals surface area contributed by atoms with Gasteiger partial charge >= 0.3 is 0 Å². The average molecular weight is 303 g/mol. The number of nitrogens with zero attached hydrogens (tertiary/aromatic N) is 2. The molecule has 2 aliphatic heterocycles. The molecule has 6 nitrogen and oxygen atoms in total. The average Bonchev–Trinajstić information content (AvgIpc) is 2.53. The van der Waals surface area contributed by atoms with Crippen molar-refractivity contribution in [2.24, 2.45) is 0 Å². The Balaban J connectivity index is 1.70. The molecule has 1 saturated heterocycles. The van der Waals surface area contributed by atoms with Crippen LogP contribution in [-0.4, -0.2) is 60.4 Å². The van der Waals surface area contributed by atoms with Crippen LogP contribution in [0, 0.1) is 0 Å². The molecule has 0 aliphatic carbocycles. The van der Waals surface area contributed by atoms with Crippen molar-refractivity contribution in [2.75, 3.05) is 38.1 Å². The molecule has 0 aromatic heterocycles. The van der Waals surface area contributed by atoms with Crippen LogP contribution in [0.1, 0.15) is 24.2 Å². The maximum atomic E-state index is 12.6. The minimum atomic E-state index is -0.170. The molecular formula is C16H21N3O3. The SMILES string of the molecule is CC(C)N1CCN(C(=O)c2ccc3c(c2)OCC(=O)N3)CC1. The van der Waals surface area contributed by atoms with Gasteiger partial charge in [0.1, 0.15) is 5.75 Å². The molecule has 2 heterocycles. The number of piperazine rings is 1. The van der Waals surface area contributed by atoms with E-state index in [1.807, 2.05) is 4.90 Å². The molecule has 2 amide bonds. The van der Waals surface area contributed by atoms with Crippen LogP contribution in [-0.2, 0) is 4.79 Å². The summed E-state index contributed by atoms with van der Waals surface area (Å²) in [7, 11) is 0. The Hall–Kier alpha value is -2.08. The van der Waals surface area contributed by atoms with E-state index in [-0.39, 0.29) is 18.4 Å². The van der Waals surface area contributed by atoms with Gasteiger partial charge in [-0.1, -0.05) is 0 Å². The van der Waals surface area contributed by atoms with Crippen molar-refractivity contribution in [3.8, 4) is 5.75 Å². The van der Waals surface area contributed by atoms with Crippen molar-refractivity contribution >= 4 is 17.5 Å². The summed E-state index contributed by atoms with van der Waals surface area (Å²) in [6.07, 6.45) is 0. The van der Waals surface area contributed by atoms with Crippen molar-refractivity contribution in [1.82, 2.24) is 9.80 Å². The van der Waals surface area contributed by atoms with Crippen LogP contribution in [0.15, 0.2) is 18.2 Å². The van der Waals surface area contributed by atoms with Gasteiger partial charge in [-0.05, 0) is 32.0 Å². The van der Waals surface area contributed by atoms with E-state index < -0.39 is 0 Å². The largest absolute Gasteiger partial charge is 0.482 e. The lowest BCUT2D eigenvalue weighted by Crippen LogP contribution is -2.50. The van der Waals surface area contributed by atoms with E-state index in [0.717, 1.165) is 26.2 Å². The Kier molecular flexibility index (Phi) is 4.02. The van der Waals surface area contributed by atoms with Gasteiger partial charge in [0.15, 0.2) is 6.61 Å². The fraction of sp³-hybridized carbons (Fsp3) is 0.500. The highest BCUT2D eigenvalue weighted by Gasteiger charge is 2.25. The third kappa shape index (κ3) is 2.92. The Morgan fingerprint density at radius 1 is 1.23 bits per heavy atom. The third-order valence-electron chi connectivity index (χ3n) is 4.19. The van der Waals surface area contributed by atoms with Gasteiger partial charge in [0.25, 0.3) is 11.8 Å². The number of fused-ring (bicyclic) bond motifs is 1. The smallest absolute Gasteiger partial charge is 0.262 e. The molecule has 1 aromatic carbocycles. The molecule has 1 N–H and O–H groups in total. The van der Waals surface area contributed by atoms with Gasteiger partial charge in [-0.2, -0.15) is 0 Å². The number of hydrogen-bond donors (Lipinski definition) is 1. The number of nitrogens with one attached hydrogen (secondary N) is 1. The van der Waals surface area contributed by atoms with Crippen LogP contribution < -0.4 is 10.1 Å². The molecule has 0 bridgehead atoms. The maximum Gasteiger partial charge on any atom is 0.262 e. The van der Waals surface area contributed by atoms with Gasteiger partial charge in [0.05, 0.1) is 5.69 Å². The summed E-state index contributed by atoms with van der Waals surface area (Å²) in [5, 5.41) is 2.73. The zero-order chi connectivity index (χ0) is 15.7. The Labute approximate surface area is 130 Å². The highest BCUT2D eigenvalue weighted by atomic mass is 16.5. The zero-order valence-electron chi connectivity index (χ0n) is 13.0. The number of anilines is 1. The standard InChI is InChI=1S/C16H21N3O3/c1-11(2)18-5-7-19(8-6-18)16(21)12-3-4-13-14(9-12)22-10-15(20)17-13/h3-4,9,11H,5-8,10H2,1-2H3,(H,17,20). The molecule has 1 aromatic rings. The van der Waals surface area contributed by atoms with Gasteiger partial charge in [0, 0.05) is 37.8 Å². The van der Waals surface area contributed by atoms with Gasteiger partial charge < -0.3 is 15.0 Å². The topological polar surface area (TPSA) is 61.9 Å². The normalized spacial score (nSPS) is 18.7. The molecule has 118 valence electrons. The Morgan fingerprint density at radius 2 is 1.95 bits per heavy atom. The molecule has 0 saturated carbocycles. The lowest BCUT2D eigenvalue weighted by atomic mass is 10.1. The van der Waals surface area contributed by atoms with E-state index in [1.165, 1.54) is 0 Å². The number of hydrogen-bond acceptors (Lipinski definition) is 4. The van der Waals surface area contributed by atoms with E-state index in [2.05, 4.69) is 24.1 Å². The quantitative estimate of drug-likeness (QED) is 0.891. The molecular weight excluding hydrogens is 282 g/mol. The third-order valence-corrected chi connectivity index (χ3v) is 4.19. The lowest BCUT2D eigenvalue weighted by molar-refractivity contribution is -0.118. The Bertz CT molecular complexity index is 592. The van der Waals surface area contributed by atoms with Gasteiger partial charge in [-0.15, -0.1) is 0 Å². The molecule has 0 radical (unpaired) electrons. The van der Waals surface area contributed by atoms with Crippen molar-refractivity contribution in [1.29, 1.82) is 0 Å². The highest BCUT2D eigenvalue weighted by molar-refractivity contribution is 5.99. The van der Waals surface area contributed by atoms with Gasteiger partial charge in [-0.3, -0.25) is 14.5 Å². The Morgan fingerprint density at radius 3 is 2.64 bits per heavy atom. The fourth-order valence-corrected chi connectivity index (χ4v) is 2.83. The lowest BCUT2D eigenvalue weighted by Gasteiger charge is -2.37. The summed E-state index contributed by atoms with van der Waals surface area (Å²) in [4.78, 5) is 28.1. The number of benzene rings is 1. The van der Waals surface area contributed by atoms with Gasteiger partial charge in [0.2, 0.25) is 0 Å². The summed E-state index contributed by atoms with van der Waals surface area (Å²) in [5.41, 5.74) is 1.23. The first-order valence-corrected chi connectivity index (χ1v) is 7.64. The predicted molar refractivity (Wildman–Crippen MR) is 83.2 cm³/mol. The maximum absolute atomic E-state index is 12.6. The van der Waals surface area contributed by atoms with E-state index in [4.69, 9.17) is 4.74 Å². The number of ether oxygens (including phenoxy) is 1. The fourth-order valence-electron chi connectivity index (χ4n) is 2.83. The zero-order valence-corrected chi connectivity index (χ0v) is 13.0. The monoisotopic (exact) mass is 303 g/mol. The summed E-state index contributed by atoms with van der Waals surface area (Å²) in [6, 6.07) is 5.69. The molecule has 1 fully saturated rings. The second-order valence-corrected chi connectivity index (χ2v) is 5.97. The molecule has 6 heteroatoms. The number of carbonyl (C=O) groups is 2. The number of amides is 2. The molecule has 2 aliphatic rings. The van der Waals surface area contributed by atoms with E-state index in [1.54, 1.807) is 18.2 Å². The van der Waals surface area contributed by atoms with Crippen molar-refractivity contribution in [3.63, 3.8) is 0 Å². The predicted octanol–water partition coefficient (Wildman–Crippen LogP) is 1.18. The van der Waals surface area contributed by atoms with Crippen LogP contribution in [0.25, 0.3) is 0 Å².